The molecule has 0 saturated heterocycles. The van der Waals surface area contributed by atoms with Crippen molar-refractivity contribution in [2.45, 2.75) is 56.5 Å². The Balaban J connectivity index is 2.05. The van der Waals surface area contributed by atoms with Crippen molar-refractivity contribution in [3.8, 4) is 0 Å². The van der Waals surface area contributed by atoms with Crippen molar-refractivity contribution in [3.63, 3.8) is 0 Å². The zero-order chi connectivity index (χ0) is 12.5. The molecular formula is C13H22N2OS. The lowest BCUT2D eigenvalue weighted by Crippen LogP contribution is -2.43. The molecule has 1 heterocycles. The fraction of sp³-hybridized carbons (Fsp3) is 0.769. The molecule has 1 aromatic heterocycles. The molecule has 1 saturated carbocycles. The fourth-order valence-corrected chi connectivity index (χ4v) is 4.02. The highest BCUT2D eigenvalue weighted by Crippen LogP contribution is 2.42. The van der Waals surface area contributed by atoms with Crippen LogP contribution in [0.2, 0.25) is 0 Å². The lowest BCUT2D eigenvalue weighted by Gasteiger charge is -2.39. The van der Waals surface area contributed by atoms with Crippen molar-refractivity contribution >= 4 is 11.8 Å². The minimum atomic E-state index is 0.437. The molecule has 1 aromatic rings. The van der Waals surface area contributed by atoms with Gasteiger partial charge in [-0.25, -0.2) is 4.98 Å². The maximum atomic E-state index is 5.45. The fourth-order valence-electron chi connectivity index (χ4n) is 2.49. The number of nitrogens with one attached hydrogen (secondary N) is 1. The summed E-state index contributed by atoms with van der Waals surface area (Å²) >= 11 is 1.78. The molecule has 1 aliphatic carbocycles. The van der Waals surface area contributed by atoms with E-state index in [0.29, 0.717) is 16.7 Å². The molecule has 17 heavy (non-hydrogen) atoms. The maximum absolute atomic E-state index is 5.45. The van der Waals surface area contributed by atoms with Gasteiger partial charge in [0.15, 0.2) is 0 Å². The van der Waals surface area contributed by atoms with E-state index in [1.165, 1.54) is 19.3 Å². The Morgan fingerprint density at radius 2 is 2.29 bits per heavy atom. The first kappa shape index (κ1) is 13.0. The highest BCUT2D eigenvalue weighted by molar-refractivity contribution is 7.99. The Hall–Kier alpha value is -0.480. The van der Waals surface area contributed by atoms with Crippen molar-refractivity contribution in [1.29, 1.82) is 0 Å². The van der Waals surface area contributed by atoms with Crippen LogP contribution in [-0.2, 0) is 0 Å². The Kier molecular flexibility index (Phi) is 3.83. The number of aryl methyl sites for hydroxylation is 1. The van der Waals surface area contributed by atoms with E-state index in [2.05, 4.69) is 31.2 Å². The van der Waals surface area contributed by atoms with Crippen molar-refractivity contribution < 1.29 is 4.42 Å². The molecule has 4 heteroatoms. The number of rotatable bonds is 3. The average Bonchev–Trinajstić information content (AvgIpc) is 2.63. The largest absolute Gasteiger partial charge is 0.440 e. The van der Waals surface area contributed by atoms with Crippen LogP contribution in [0.15, 0.2) is 15.9 Å². The number of nitrogens with zero attached hydrogens (tertiary/aromatic N) is 1. The Morgan fingerprint density at radius 1 is 1.53 bits per heavy atom. The lowest BCUT2D eigenvalue weighted by molar-refractivity contribution is 0.218. The molecule has 0 aromatic carbocycles. The second-order valence-corrected chi connectivity index (χ2v) is 6.90. The predicted octanol–water partition coefficient (Wildman–Crippen LogP) is 3.24. The van der Waals surface area contributed by atoms with E-state index >= 15 is 0 Å². The Bertz CT molecular complexity index is 375. The zero-order valence-corrected chi connectivity index (χ0v) is 11.9. The third kappa shape index (κ3) is 3.26. The predicted molar refractivity (Wildman–Crippen MR) is 71.4 cm³/mol. The highest BCUT2D eigenvalue weighted by atomic mass is 32.2. The minimum Gasteiger partial charge on any atom is -0.440 e. The van der Waals surface area contributed by atoms with Crippen LogP contribution in [0, 0.1) is 12.3 Å². The van der Waals surface area contributed by atoms with E-state index in [4.69, 9.17) is 4.42 Å². The summed E-state index contributed by atoms with van der Waals surface area (Å²) in [5.41, 5.74) is 1.40. The monoisotopic (exact) mass is 254 g/mol. The summed E-state index contributed by atoms with van der Waals surface area (Å²) in [6.07, 6.45) is 5.47. The molecule has 2 unspecified atom stereocenters. The van der Waals surface area contributed by atoms with Gasteiger partial charge in [-0.05, 0) is 38.6 Å². The third-order valence-corrected chi connectivity index (χ3v) is 4.74. The number of oxazole rings is 1. The van der Waals surface area contributed by atoms with Crippen LogP contribution < -0.4 is 5.32 Å². The number of hydrogen-bond donors (Lipinski definition) is 1. The van der Waals surface area contributed by atoms with Gasteiger partial charge in [-0.3, -0.25) is 0 Å². The van der Waals surface area contributed by atoms with Crippen molar-refractivity contribution in [3.05, 3.63) is 12.0 Å². The van der Waals surface area contributed by atoms with Gasteiger partial charge < -0.3 is 9.73 Å². The summed E-state index contributed by atoms with van der Waals surface area (Å²) in [6, 6.07) is 0.570. The molecule has 0 radical (unpaired) electrons. The van der Waals surface area contributed by atoms with Crippen LogP contribution in [0.5, 0.6) is 0 Å². The van der Waals surface area contributed by atoms with E-state index in [-0.39, 0.29) is 0 Å². The van der Waals surface area contributed by atoms with Crippen LogP contribution in [0.25, 0.3) is 0 Å². The molecule has 1 aliphatic rings. The quantitative estimate of drug-likeness (QED) is 0.898. The lowest BCUT2D eigenvalue weighted by atomic mass is 9.75. The standard InChI is InChI=1S/C13H22N2OS/c1-9-8-16-12(15-9)17-11-7-13(2,3)6-5-10(11)14-4/h8,10-11,14H,5-7H2,1-4H3. The zero-order valence-electron chi connectivity index (χ0n) is 11.1. The van der Waals surface area contributed by atoms with Crippen molar-refractivity contribution in [1.82, 2.24) is 10.3 Å². The molecule has 2 atom stereocenters. The molecular weight excluding hydrogens is 232 g/mol. The number of thioether (sulfide) groups is 1. The minimum absolute atomic E-state index is 0.437. The van der Waals surface area contributed by atoms with Gasteiger partial charge in [-0.2, -0.15) is 0 Å². The third-order valence-electron chi connectivity index (χ3n) is 3.56. The average molecular weight is 254 g/mol. The maximum Gasteiger partial charge on any atom is 0.256 e. The van der Waals surface area contributed by atoms with Crippen molar-refractivity contribution in [2.75, 3.05) is 7.05 Å². The topological polar surface area (TPSA) is 38.1 Å². The SMILES string of the molecule is CNC1CCC(C)(C)CC1Sc1nc(C)co1. The molecule has 96 valence electrons. The van der Waals surface area contributed by atoms with Gasteiger partial charge in [-0.15, -0.1) is 0 Å². The van der Waals surface area contributed by atoms with Gasteiger partial charge in [0.1, 0.15) is 6.26 Å². The number of aromatic nitrogens is 1. The molecule has 3 nitrogen and oxygen atoms in total. The molecule has 0 amide bonds. The smallest absolute Gasteiger partial charge is 0.256 e. The van der Waals surface area contributed by atoms with Gasteiger partial charge in [0.25, 0.3) is 5.22 Å². The van der Waals surface area contributed by atoms with E-state index < -0.39 is 0 Å². The normalized spacial score (nSPS) is 28.2. The van der Waals surface area contributed by atoms with Crippen LogP contribution in [0.4, 0.5) is 0 Å². The first-order valence-corrected chi connectivity index (χ1v) is 7.14. The molecule has 1 fully saturated rings. The van der Waals surface area contributed by atoms with Crippen LogP contribution in [0.3, 0.4) is 0 Å². The summed E-state index contributed by atoms with van der Waals surface area (Å²) in [5.74, 6) is 0. The molecule has 0 bridgehead atoms. The second kappa shape index (κ2) is 5.02. The molecule has 0 spiro atoms. The first-order chi connectivity index (χ1) is 8.00. The summed E-state index contributed by atoms with van der Waals surface area (Å²) < 4.78 is 5.45. The van der Waals surface area contributed by atoms with Gasteiger partial charge in [0.05, 0.1) is 5.69 Å². The van der Waals surface area contributed by atoms with E-state index in [1.54, 1.807) is 18.0 Å². The van der Waals surface area contributed by atoms with E-state index in [1.807, 2.05) is 6.92 Å². The summed E-state index contributed by atoms with van der Waals surface area (Å²) in [4.78, 5) is 4.39. The Morgan fingerprint density at radius 3 is 2.88 bits per heavy atom. The van der Waals surface area contributed by atoms with Gasteiger partial charge in [0.2, 0.25) is 0 Å². The second-order valence-electron chi connectivity index (χ2n) is 5.71. The summed E-state index contributed by atoms with van der Waals surface area (Å²) in [6.45, 7) is 6.68. The molecule has 1 N–H and O–H groups in total. The van der Waals surface area contributed by atoms with Gasteiger partial charge >= 0.3 is 0 Å². The molecule has 0 aliphatic heterocycles. The van der Waals surface area contributed by atoms with E-state index in [0.717, 1.165) is 10.9 Å². The number of hydrogen-bond acceptors (Lipinski definition) is 4. The Labute approximate surface area is 108 Å². The van der Waals surface area contributed by atoms with Crippen LogP contribution >= 0.6 is 11.8 Å². The first-order valence-electron chi connectivity index (χ1n) is 6.26. The highest BCUT2D eigenvalue weighted by Gasteiger charge is 2.35. The van der Waals surface area contributed by atoms with Crippen LogP contribution in [-0.4, -0.2) is 23.3 Å². The van der Waals surface area contributed by atoms with E-state index in [9.17, 15) is 0 Å². The van der Waals surface area contributed by atoms with Crippen molar-refractivity contribution in [2.24, 2.45) is 5.41 Å². The summed E-state index contributed by atoms with van der Waals surface area (Å²) in [5, 5.41) is 4.80. The molecule has 2 rings (SSSR count). The summed E-state index contributed by atoms with van der Waals surface area (Å²) in [7, 11) is 2.05. The van der Waals surface area contributed by atoms with Crippen LogP contribution in [0.1, 0.15) is 38.8 Å². The van der Waals surface area contributed by atoms with Gasteiger partial charge in [0, 0.05) is 11.3 Å². The van der Waals surface area contributed by atoms with Gasteiger partial charge in [-0.1, -0.05) is 25.6 Å².